The average Bonchev–Trinajstić information content (AvgIpc) is 2.82. The number of ether oxygens (including phenoxy) is 2. The normalized spacial score (nSPS) is 11.1. The molecule has 1 aromatic heterocycles. The van der Waals surface area contributed by atoms with E-state index < -0.39 is 15.8 Å². The van der Waals surface area contributed by atoms with Gasteiger partial charge in [-0.25, -0.2) is 17.8 Å². The summed E-state index contributed by atoms with van der Waals surface area (Å²) in [4.78, 5) is 8.54. The Morgan fingerprint density at radius 1 is 1.06 bits per heavy atom. The Morgan fingerprint density at radius 2 is 1.80 bits per heavy atom. The molecule has 1 heterocycles. The number of halogens is 2. The largest absolute Gasteiger partial charge is 0.488 e. The minimum absolute atomic E-state index is 0.00824. The van der Waals surface area contributed by atoms with Gasteiger partial charge in [0.25, 0.3) is 0 Å². The number of nitrogens with zero attached hydrogens (tertiary/aromatic N) is 3. The van der Waals surface area contributed by atoms with Gasteiger partial charge in [-0.05, 0) is 35.4 Å². The second-order valence-electron chi connectivity index (χ2n) is 7.39. The maximum atomic E-state index is 14.4. The summed E-state index contributed by atoms with van der Waals surface area (Å²) in [5.41, 5.74) is 2.87. The molecule has 0 amide bonds. The van der Waals surface area contributed by atoms with Gasteiger partial charge in [0.05, 0.1) is 29.4 Å². The highest BCUT2D eigenvalue weighted by atomic mass is 35.5. The SMILES string of the molecule is CS(=O)(=O)Nc1cnc2cc(-c3ccc(Oc4cc(F)c(OCCCl)c(C#N)c4)cc3)ccc2n1. The fourth-order valence-electron chi connectivity index (χ4n) is 3.28. The third-order valence-corrected chi connectivity index (χ3v) is 5.45. The Labute approximate surface area is 206 Å². The van der Waals surface area contributed by atoms with Crippen LogP contribution in [0.4, 0.5) is 10.2 Å². The van der Waals surface area contributed by atoms with Gasteiger partial charge in [-0.3, -0.25) is 9.71 Å². The number of fused-ring (bicyclic) bond motifs is 1. The zero-order chi connectivity index (χ0) is 25.0. The molecule has 35 heavy (non-hydrogen) atoms. The summed E-state index contributed by atoms with van der Waals surface area (Å²) in [6, 6.07) is 16.9. The lowest BCUT2D eigenvalue weighted by atomic mass is 10.0. The van der Waals surface area contributed by atoms with E-state index in [1.165, 1.54) is 12.3 Å². The molecule has 3 aromatic carbocycles. The summed E-state index contributed by atoms with van der Waals surface area (Å²) < 4.78 is 50.4. The molecule has 8 nitrogen and oxygen atoms in total. The highest BCUT2D eigenvalue weighted by molar-refractivity contribution is 7.92. The van der Waals surface area contributed by atoms with Crippen molar-refractivity contribution in [2.45, 2.75) is 0 Å². The summed E-state index contributed by atoms with van der Waals surface area (Å²) in [6.07, 6.45) is 2.39. The smallest absolute Gasteiger partial charge is 0.231 e. The van der Waals surface area contributed by atoms with Crippen LogP contribution in [0.2, 0.25) is 0 Å². The van der Waals surface area contributed by atoms with Crippen molar-refractivity contribution in [1.29, 1.82) is 5.26 Å². The molecule has 0 fully saturated rings. The molecule has 0 atom stereocenters. The van der Waals surface area contributed by atoms with Crippen LogP contribution >= 0.6 is 11.6 Å². The van der Waals surface area contributed by atoms with E-state index in [1.54, 1.807) is 18.2 Å². The van der Waals surface area contributed by atoms with E-state index in [-0.39, 0.29) is 35.4 Å². The van der Waals surface area contributed by atoms with E-state index in [9.17, 15) is 18.1 Å². The number of aromatic nitrogens is 2. The maximum Gasteiger partial charge on any atom is 0.231 e. The van der Waals surface area contributed by atoms with Crippen molar-refractivity contribution in [2.75, 3.05) is 23.5 Å². The average molecular weight is 513 g/mol. The number of alkyl halides is 1. The molecule has 0 bridgehead atoms. The first-order chi connectivity index (χ1) is 16.8. The first-order valence-electron chi connectivity index (χ1n) is 10.2. The molecule has 11 heteroatoms. The van der Waals surface area contributed by atoms with Gasteiger partial charge >= 0.3 is 0 Å². The minimum atomic E-state index is -3.45. The van der Waals surface area contributed by atoms with Crippen LogP contribution in [0.15, 0.2) is 60.8 Å². The van der Waals surface area contributed by atoms with E-state index in [1.807, 2.05) is 30.3 Å². The van der Waals surface area contributed by atoms with Gasteiger partial charge in [0, 0.05) is 12.1 Å². The number of rotatable bonds is 8. The second-order valence-corrected chi connectivity index (χ2v) is 9.52. The van der Waals surface area contributed by atoms with Crippen LogP contribution in [0.1, 0.15) is 5.56 Å². The number of hydrogen-bond donors (Lipinski definition) is 1. The van der Waals surface area contributed by atoms with Crippen LogP contribution in [0.5, 0.6) is 17.2 Å². The Bertz CT molecular complexity index is 1540. The van der Waals surface area contributed by atoms with E-state index >= 15 is 0 Å². The van der Waals surface area contributed by atoms with Crippen LogP contribution in [0.25, 0.3) is 22.2 Å². The minimum Gasteiger partial charge on any atom is -0.488 e. The molecule has 178 valence electrons. The molecular formula is C24H18ClFN4O4S. The standard InChI is InChI=1S/C24H18ClFN4O4S/c1-35(31,32)30-23-14-28-22-11-16(4-7-21(22)29-23)15-2-5-18(6-3-15)34-19-10-17(13-27)24(20(26)12-19)33-9-8-25/h2-7,10-12,14H,8-9H2,1H3,(H,29,30). The molecule has 0 aliphatic carbocycles. The quantitative estimate of drug-likeness (QED) is 0.327. The number of hydrogen-bond acceptors (Lipinski definition) is 7. The molecule has 0 aliphatic rings. The predicted octanol–water partition coefficient (Wildman–Crippen LogP) is 5.09. The Morgan fingerprint density at radius 3 is 2.49 bits per heavy atom. The van der Waals surface area contributed by atoms with Crippen LogP contribution in [0, 0.1) is 17.1 Å². The lowest BCUT2D eigenvalue weighted by Crippen LogP contribution is -2.11. The van der Waals surface area contributed by atoms with Gasteiger partial charge < -0.3 is 9.47 Å². The molecule has 0 spiro atoms. The van der Waals surface area contributed by atoms with Crippen molar-refractivity contribution in [1.82, 2.24) is 9.97 Å². The van der Waals surface area contributed by atoms with Crippen molar-refractivity contribution in [2.24, 2.45) is 0 Å². The lowest BCUT2D eigenvalue weighted by Gasteiger charge is -2.11. The van der Waals surface area contributed by atoms with Gasteiger partial charge in [0.2, 0.25) is 10.0 Å². The Hall–Kier alpha value is -3.94. The summed E-state index contributed by atoms with van der Waals surface area (Å²) in [6.45, 7) is 0.0773. The van der Waals surface area contributed by atoms with Crippen molar-refractivity contribution in [3.8, 4) is 34.4 Å². The van der Waals surface area contributed by atoms with Crippen molar-refractivity contribution in [3.63, 3.8) is 0 Å². The fourth-order valence-corrected chi connectivity index (χ4v) is 3.83. The van der Waals surface area contributed by atoms with Gasteiger partial charge in [-0.15, -0.1) is 11.6 Å². The number of nitrogens with one attached hydrogen (secondary N) is 1. The predicted molar refractivity (Wildman–Crippen MR) is 131 cm³/mol. The van der Waals surface area contributed by atoms with E-state index in [2.05, 4.69) is 14.7 Å². The molecule has 0 saturated carbocycles. The monoisotopic (exact) mass is 512 g/mol. The number of sulfonamides is 1. The third-order valence-electron chi connectivity index (χ3n) is 4.72. The van der Waals surface area contributed by atoms with E-state index in [0.29, 0.717) is 16.8 Å². The van der Waals surface area contributed by atoms with Gasteiger partial charge in [-0.1, -0.05) is 18.2 Å². The third kappa shape index (κ3) is 5.95. The number of benzene rings is 3. The summed E-state index contributed by atoms with van der Waals surface area (Å²) in [5, 5.41) is 9.31. The molecule has 4 aromatic rings. The highest BCUT2D eigenvalue weighted by Crippen LogP contribution is 2.32. The molecule has 4 rings (SSSR count). The Kier molecular flexibility index (Phi) is 7.00. The molecular weight excluding hydrogens is 495 g/mol. The summed E-state index contributed by atoms with van der Waals surface area (Å²) >= 11 is 5.57. The van der Waals surface area contributed by atoms with Crippen LogP contribution < -0.4 is 14.2 Å². The zero-order valence-electron chi connectivity index (χ0n) is 18.3. The number of anilines is 1. The lowest BCUT2D eigenvalue weighted by molar-refractivity contribution is 0.321. The fraction of sp³-hybridized carbons (Fsp3) is 0.125. The molecule has 1 N–H and O–H groups in total. The molecule has 0 saturated heterocycles. The first-order valence-corrected chi connectivity index (χ1v) is 12.6. The number of nitriles is 1. The van der Waals surface area contributed by atoms with Crippen molar-refractivity contribution in [3.05, 3.63) is 72.2 Å². The van der Waals surface area contributed by atoms with E-state index in [4.69, 9.17) is 21.1 Å². The molecule has 0 unspecified atom stereocenters. The first kappa shape index (κ1) is 24.2. The molecule has 0 aliphatic heterocycles. The Balaban J connectivity index is 1.53. The summed E-state index contributed by atoms with van der Waals surface area (Å²) in [5.74, 6) is 0.0412. The maximum absolute atomic E-state index is 14.4. The zero-order valence-corrected chi connectivity index (χ0v) is 19.9. The van der Waals surface area contributed by atoms with Crippen LogP contribution in [0.3, 0.4) is 0 Å². The van der Waals surface area contributed by atoms with Gasteiger partial charge in [-0.2, -0.15) is 5.26 Å². The van der Waals surface area contributed by atoms with Crippen LogP contribution in [-0.4, -0.2) is 37.1 Å². The van der Waals surface area contributed by atoms with Crippen LogP contribution in [-0.2, 0) is 10.0 Å². The van der Waals surface area contributed by atoms with Crippen molar-refractivity contribution >= 4 is 38.5 Å². The van der Waals surface area contributed by atoms with E-state index in [0.717, 1.165) is 23.4 Å². The summed E-state index contributed by atoms with van der Waals surface area (Å²) in [7, 11) is -3.45. The topological polar surface area (TPSA) is 114 Å². The second kappa shape index (κ2) is 10.1. The molecule has 0 radical (unpaired) electrons. The van der Waals surface area contributed by atoms with Gasteiger partial charge in [0.1, 0.15) is 29.7 Å². The highest BCUT2D eigenvalue weighted by Gasteiger charge is 2.14. The van der Waals surface area contributed by atoms with Gasteiger partial charge in [0.15, 0.2) is 17.4 Å². The van der Waals surface area contributed by atoms with Crippen molar-refractivity contribution < 1.29 is 22.3 Å².